The van der Waals surface area contributed by atoms with Crippen molar-refractivity contribution in [1.29, 1.82) is 0 Å². The number of fused-ring (bicyclic) bond motifs is 1. The van der Waals surface area contributed by atoms with Crippen LogP contribution in [0.4, 0.5) is 5.69 Å². The van der Waals surface area contributed by atoms with Gasteiger partial charge in [0.05, 0.1) is 0 Å². The molecule has 1 aromatic heterocycles. The van der Waals surface area contributed by atoms with Gasteiger partial charge in [-0.05, 0) is 24.5 Å². The maximum absolute atomic E-state index is 4.85. The number of benzene rings is 1. The molecule has 0 amide bonds. The van der Waals surface area contributed by atoms with Crippen LogP contribution in [-0.4, -0.2) is 40.4 Å². The summed E-state index contributed by atoms with van der Waals surface area (Å²) >= 11 is 0. The van der Waals surface area contributed by atoms with Gasteiger partial charge in [-0.2, -0.15) is 0 Å². The van der Waals surface area contributed by atoms with E-state index in [0.29, 0.717) is 0 Å². The van der Waals surface area contributed by atoms with Crippen molar-refractivity contribution in [3.05, 3.63) is 42.0 Å². The predicted octanol–water partition coefficient (Wildman–Crippen LogP) is 2.65. The number of nitrogens with zero attached hydrogens (tertiary/aromatic N) is 5. The lowest BCUT2D eigenvalue weighted by Crippen LogP contribution is -2.42. The molecule has 0 aliphatic carbocycles. The molecule has 134 valence electrons. The maximum atomic E-state index is 4.85. The van der Waals surface area contributed by atoms with Crippen LogP contribution < -0.4 is 10.2 Å². The largest absolute Gasteiger partial charge is 0.354 e. The molecule has 2 aromatic rings. The molecule has 3 rings (SSSR count). The molecule has 0 unspecified atom stereocenters. The zero-order valence-corrected chi connectivity index (χ0v) is 15.3. The van der Waals surface area contributed by atoms with E-state index in [4.69, 9.17) is 4.99 Å². The quantitative estimate of drug-likeness (QED) is 0.478. The smallest absolute Gasteiger partial charge is 0.198 e. The summed E-state index contributed by atoms with van der Waals surface area (Å²) in [5.74, 6) is 2.02. The van der Waals surface area contributed by atoms with Gasteiger partial charge in [-0.1, -0.05) is 38.5 Å². The van der Waals surface area contributed by atoms with Crippen LogP contribution in [0.1, 0.15) is 38.1 Å². The minimum absolute atomic E-state index is 0.814. The molecule has 0 atom stereocenters. The Morgan fingerprint density at radius 3 is 3.00 bits per heavy atom. The van der Waals surface area contributed by atoms with E-state index in [1.165, 1.54) is 11.3 Å². The van der Waals surface area contributed by atoms with E-state index < -0.39 is 0 Å². The van der Waals surface area contributed by atoms with Crippen LogP contribution in [0.5, 0.6) is 0 Å². The van der Waals surface area contributed by atoms with Gasteiger partial charge in [0.25, 0.3) is 0 Å². The number of para-hydroxylation sites is 1. The molecule has 1 aliphatic heterocycles. The Balaban J connectivity index is 1.67. The van der Waals surface area contributed by atoms with Crippen molar-refractivity contribution in [2.45, 2.75) is 46.1 Å². The number of aromatic nitrogens is 3. The van der Waals surface area contributed by atoms with Gasteiger partial charge in [-0.3, -0.25) is 4.99 Å². The number of guanidine groups is 1. The van der Waals surface area contributed by atoms with Crippen LogP contribution in [0.15, 0.2) is 35.6 Å². The van der Waals surface area contributed by atoms with E-state index in [9.17, 15) is 0 Å². The summed E-state index contributed by atoms with van der Waals surface area (Å²) in [6, 6.07) is 8.62. The van der Waals surface area contributed by atoms with Crippen LogP contribution in [0.3, 0.4) is 0 Å². The minimum atomic E-state index is 0.814. The number of nitrogens with one attached hydrogen (secondary N) is 1. The standard InChI is InChI=1S/C19H28N6/c1-3-5-11-20-19(21-12-14-24-15-22-23-18(24)4-2)25-13-10-16-8-6-7-9-17(16)25/h6-9,15H,3-5,10-14H2,1-2H3,(H,20,21). The molecule has 25 heavy (non-hydrogen) atoms. The van der Waals surface area contributed by atoms with Gasteiger partial charge in [0.15, 0.2) is 5.96 Å². The Morgan fingerprint density at radius 2 is 2.16 bits per heavy atom. The highest BCUT2D eigenvalue weighted by Crippen LogP contribution is 2.27. The zero-order valence-electron chi connectivity index (χ0n) is 15.3. The number of aryl methyl sites for hydroxylation is 1. The average molecular weight is 340 g/mol. The third-order valence-electron chi connectivity index (χ3n) is 4.56. The average Bonchev–Trinajstić information content (AvgIpc) is 3.27. The van der Waals surface area contributed by atoms with E-state index in [1.807, 2.05) is 0 Å². The second-order valence-electron chi connectivity index (χ2n) is 6.31. The first kappa shape index (κ1) is 17.5. The van der Waals surface area contributed by atoms with Crippen LogP contribution in [0, 0.1) is 0 Å². The van der Waals surface area contributed by atoms with Crippen molar-refractivity contribution in [2.24, 2.45) is 4.99 Å². The van der Waals surface area contributed by atoms with E-state index >= 15 is 0 Å². The third kappa shape index (κ3) is 4.18. The van der Waals surface area contributed by atoms with Crippen molar-refractivity contribution in [3.8, 4) is 0 Å². The number of rotatable bonds is 7. The molecular formula is C19H28N6. The number of aliphatic imine (C=N–C) groups is 1. The van der Waals surface area contributed by atoms with Gasteiger partial charge in [0.1, 0.15) is 12.2 Å². The summed E-state index contributed by atoms with van der Waals surface area (Å²) in [5, 5.41) is 11.7. The first-order valence-corrected chi connectivity index (χ1v) is 9.34. The number of hydrogen-bond donors (Lipinski definition) is 1. The summed E-state index contributed by atoms with van der Waals surface area (Å²) in [7, 11) is 0. The minimum Gasteiger partial charge on any atom is -0.354 e. The Hall–Kier alpha value is -2.37. The fraction of sp³-hybridized carbons (Fsp3) is 0.526. The van der Waals surface area contributed by atoms with Gasteiger partial charge in [-0.25, -0.2) is 0 Å². The highest BCUT2D eigenvalue weighted by atomic mass is 15.3. The monoisotopic (exact) mass is 340 g/mol. The molecule has 0 bridgehead atoms. The van der Waals surface area contributed by atoms with Gasteiger partial charge in [0, 0.05) is 38.3 Å². The van der Waals surface area contributed by atoms with Crippen molar-refractivity contribution in [1.82, 2.24) is 20.1 Å². The predicted molar refractivity (Wildman–Crippen MR) is 102 cm³/mol. The Kier molecular flexibility index (Phi) is 6.04. The van der Waals surface area contributed by atoms with Crippen molar-refractivity contribution < 1.29 is 0 Å². The van der Waals surface area contributed by atoms with E-state index in [1.54, 1.807) is 6.33 Å². The summed E-state index contributed by atoms with van der Waals surface area (Å²) in [5.41, 5.74) is 2.68. The molecule has 1 aliphatic rings. The van der Waals surface area contributed by atoms with Crippen LogP contribution in [-0.2, 0) is 19.4 Å². The van der Waals surface area contributed by atoms with Gasteiger partial charge in [-0.15, -0.1) is 10.2 Å². The van der Waals surface area contributed by atoms with E-state index in [-0.39, 0.29) is 0 Å². The Morgan fingerprint density at radius 1 is 1.28 bits per heavy atom. The SMILES string of the molecule is CCCCN=C(NCCn1cnnc1CC)N1CCc2ccccc21. The maximum Gasteiger partial charge on any atom is 0.198 e. The molecule has 1 aromatic carbocycles. The topological polar surface area (TPSA) is 58.3 Å². The van der Waals surface area contributed by atoms with Crippen LogP contribution in [0.25, 0.3) is 0 Å². The lowest BCUT2D eigenvalue weighted by molar-refractivity contribution is 0.635. The zero-order chi connectivity index (χ0) is 17.5. The van der Waals surface area contributed by atoms with Crippen molar-refractivity contribution >= 4 is 11.6 Å². The van der Waals surface area contributed by atoms with Gasteiger partial charge >= 0.3 is 0 Å². The molecule has 0 saturated heterocycles. The molecule has 0 radical (unpaired) electrons. The Labute approximate surface area is 150 Å². The molecule has 0 spiro atoms. The second kappa shape index (κ2) is 8.65. The lowest BCUT2D eigenvalue weighted by atomic mass is 10.2. The molecule has 1 N–H and O–H groups in total. The highest BCUT2D eigenvalue weighted by molar-refractivity contribution is 5.97. The Bertz CT molecular complexity index is 705. The van der Waals surface area contributed by atoms with Crippen molar-refractivity contribution in [2.75, 3.05) is 24.5 Å². The summed E-state index contributed by atoms with van der Waals surface area (Å²) in [4.78, 5) is 7.16. The first-order chi connectivity index (χ1) is 12.3. The van der Waals surface area contributed by atoms with E-state index in [0.717, 1.165) is 63.6 Å². The summed E-state index contributed by atoms with van der Waals surface area (Å²) in [6.07, 6.45) is 6.06. The fourth-order valence-electron chi connectivity index (χ4n) is 3.17. The molecule has 0 saturated carbocycles. The first-order valence-electron chi connectivity index (χ1n) is 9.34. The van der Waals surface area contributed by atoms with Crippen molar-refractivity contribution in [3.63, 3.8) is 0 Å². The summed E-state index contributed by atoms with van der Waals surface area (Å²) in [6.45, 7) is 7.82. The molecular weight excluding hydrogens is 312 g/mol. The lowest BCUT2D eigenvalue weighted by Gasteiger charge is -2.23. The van der Waals surface area contributed by atoms with Gasteiger partial charge < -0.3 is 14.8 Å². The summed E-state index contributed by atoms with van der Waals surface area (Å²) < 4.78 is 2.11. The van der Waals surface area contributed by atoms with Crippen LogP contribution in [0.2, 0.25) is 0 Å². The van der Waals surface area contributed by atoms with Crippen LogP contribution >= 0.6 is 0 Å². The number of unbranched alkanes of at least 4 members (excludes halogenated alkanes) is 1. The fourth-order valence-corrected chi connectivity index (χ4v) is 3.17. The highest BCUT2D eigenvalue weighted by Gasteiger charge is 2.22. The third-order valence-corrected chi connectivity index (χ3v) is 4.56. The second-order valence-corrected chi connectivity index (χ2v) is 6.31. The van der Waals surface area contributed by atoms with Gasteiger partial charge in [0.2, 0.25) is 0 Å². The molecule has 6 nitrogen and oxygen atoms in total. The molecule has 6 heteroatoms. The number of anilines is 1. The molecule has 2 heterocycles. The van der Waals surface area contributed by atoms with E-state index in [2.05, 4.69) is 63.1 Å². The normalized spacial score (nSPS) is 14.0. The molecule has 0 fully saturated rings. The number of hydrogen-bond acceptors (Lipinski definition) is 3.